The number of hydrogen-bond donors (Lipinski definition) is 2. The number of carbonyl (C=O) groups is 4. The fourth-order valence-corrected chi connectivity index (χ4v) is 3.53. The number of amides is 2. The second-order valence-electron chi connectivity index (χ2n) is 4.25. The van der Waals surface area contributed by atoms with Gasteiger partial charge in [0.25, 0.3) is 5.91 Å². The van der Waals surface area contributed by atoms with Crippen molar-refractivity contribution in [1.29, 1.82) is 0 Å². The number of nitrogens with zero attached hydrogens (tertiary/aromatic N) is 1. The summed E-state index contributed by atoms with van der Waals surface area (Å²) in [6.45, 7) is 2.83. The van der Waals surface area contributed by atoms with Crippen LogP contribution in [-0.4, -0.2) is 50.9 Å². The molecule has 2 amide bonds. The van der Waals surface area contributed by atoms with E-state index in [0.29, 0.717) is 6.41 Å². The highest BCUT2D eigenvalue weighted by Crippen LogP contribution is 2.44. The lowest BCUT2D eigenvalue weighted by molar-refractivity contribution is -0.151. The summed E-state index contributed by atoms with van der Waals surface area (Å²) in [6, 6.07) is -0.756. The molecule has 1 saturated heterocycles. The Morgan fingerprint density at radius 1 is 1.50 bits per heavy atom. The van der Waals surface area contributed by atoms with E-state index in [9.17, 15) is 24.3 Å². The number of fused-ring (bicyclic) bond motifs is 1. The largest absolute Gasteiger partial charge is 0.476 e. The third kappa shape index (κ3) is 2.13. The van der Waals surface area contributed by atoms with Crippen molar-refractivity contribution in [2.24, 2.45) is 0 Å². The maximum Gasteiger partial charge on any atom is 0.356 e. The van der Waals surface area contributed by atoms with Gasteiger partial charge in [-0.15, -0.1) is 11.8 Å². The summed E-state index contributed by atoms with van der Waals surface area (Å²) in [5.74, 6) is -2.59. The van der Waals surface area contributed by atoms with Crippen LogP contribution in [0.3, 0.4) is 0 Å². The number of esters is 1. The highest BCUT2D eigenvalue weighted by Gasteiger charge is 2.56. The van der Waals surface area contributed by atoms with Gasteiger partial charge < -0.3 is 15.2 Å². The highest BCUT2D eigenvalue weighted by molar-refractivity contribution is 8.00. The molecule has 108 valence electrons. The lowest BCUT2D eigenvalue weighted by Crippen LogP contribution is -2.70. The first-order valence-electron chi connectivity index (χ1n) is 5.72. The lowest BCUT2D eigenvalue weighted by Gasteiger charge is -2.49. The Hall–Kier alpha value is -2.03. The topological polar surface area (TPSA) is 113 Å². The number of carbonyl (C=O) groups excluding carboxylic acids is 3. The van der Waals surface area contributed by atoms with E-state index in [0.717, 1.165) is 11.8 Å². The van der Waals surface area contributed by atoms with Crippen LogP contribution in [0.25, 0.3) is 0 Å². The van der Waals surface area contributed by atoms with Crippen molar-refractivity contribution >= 4 is 36.0 Å². The third-order valence-electron chi connectivity index (χ3n) is 2.93. The van der Waals surface area contributed by atoms with Crippen LogP contribution in [0.1, 0.15) is 13.8 Å². The Morgan fingerprint density at radius 2 is 2.15 bits per heavy atom. The minimum absolute atomic E-state index is 0.0517. The number of ether oxygens (including phenoxy) is 1. The zero-order chi connectivity index (χ0) is 15.0. The molecule has 9 heteroatoms. The molecule has 0 saturated carbocycles. The molecule has 3 atom stereocenters. The first kappa shape index (κ1) is 14.4. The van der Waals surface area contributed by atoms with E-state index >= 15 is 0 Å². The summed E-state index contributed by atoms with van der Waals surface area (Å²) >= 11 is 1.24. The van der Waals surface area contributed by atoms with E-state index < -0.39 is 34.5 Å². The first-order chi connectivity index (χ1) is 9.38. The molecule has 0 aromatic heterocycles. The monoisotopic (exact) mass is 300 g/mol. The summed E-state index contributed by atoms with van der Waals surface area (Å²) < 4.78 is 4.93. The third-order valence-corrected chi connectivity index (χ3v) is 4.32. The second-order valence-corrected chi connectivity index (χ2v) is 5.71. The molecule has 0 aromatic carbocycles. The maximum absolute atomic E-state index is 11.9. The molecule has 2 rings (SSSR count). The van der Waals surface area contributed by atoms with Crippen LogP contribution in [0.15, 0.2) is 11.5 Å². The van der Waals surface area contributed by atoms with Gasteiger partial charge in [0.2, 0.25) is 6.41 Å². The van der Waals surface area contributed by atoms with E-state index in [1.54, 1.807) is 6.92 Å². The maximum atomic E-state index is 11.9. The smallest absolute Gasteiger partial charge is 0.356 e. The SMILES string of the molecule is CC(=O)OC1=C(C(=O)O)N2C(=O)C(NC=O)[C@H]2SC1C. The Kier molecular flexibility index (Phi) is 3.71. The second kappa shape index (κ2) is 5.16. The van der Waals surface area contributed by atoms with E-state index in [2.05, 4.69) is 5.32 Å². The van der Waals surface area contributed by atoms with Crippen LogP contribution in [0.4, 0.5) is 0 Å². The van der Waals surface area contributed by atoms with Gasteiger partial charge in [0, 0.05) is 6.92 Å². The minimum Gasteiger partial charge on any atom is -0.476 e. The molecular weight excluding hydrogens is 288 g/mol. The van der Waals surface area contributed by atoms with Crippen LogP contribution in [0, 0.1) is 0 Å². The van der Waals surface area contributed by atoms with E-state index in [-0.39, 0.29) is 11.5 Å². The number of nitrogens with one attached hydrogen (secondary N) is 1. The fourth-order valence-electron chi connectivity index (χ4n) is 2.14. The zero-order valence-electron chi connectivity index (χ0n) is 10.7. The van der Waals surface area contributed by atoms with Gasteiger partial charge in [-0.25, -0.2) is 4.79 Å². The number of hydrogen-bond acceptors (Lipinski definition) is 6. The lowest BCUT2D eigenvalue weighted by atomic mass is 10.0. The standard InChI is InChI=1S/C11H12N2O6S/c1-4-8(19-5(2)15)7(11(17)18)13-9(16)6(12-3-14)10(13)20-4/h3-4,6,10H,1-2H3,(H,12,14)(H,17,18)/t4?,6?,10-/m1/s1. The van der Waals surface area contributed by atoms with Crippen molar-refractivity contribution in [3.05, 3.63) is 11.5 Å². The molecule has 8 nitrogen and oxygen atoms in total. The zero-order valence-corrected chi connectivity index (χ0v) is 11.5. The van der Waals surface area contributed by atoms with Crippen molar-refractivity contribution in [1.82, 2.24) is 10.2 Å². The quantitative estimate of drug-likeness (QED) is 0.399. The fraction of sp³-hybridized carbons (Fsp3) is 0.455. The van der Waals surface area contributed by atoms with Gasteiger partial charge in [0.05, 0.1) is 5.25 Å². The van der Waals surface area contributed by atoms with Crippen LogP contribution >= 0.6 is 11.8 Å². The summed E-state index contributed by atoms with van der Waals surface area (Å²) in [5, 5.41) is 10.7. The highest BCUT2D eigenvalue weighted by atomic mass is 32.2. The van der Waals surface area contributed by atoms with Crippen LogP contribution in [0.2, 0.25) is 0 Å². The number of carboxylic acids is 1. The van der Waals surface area contributed by atoms with Crippen molar-refractivity contribution < 1.29 is 29.0 Å². The molecule has 0 radical (unpaired) electrons. The van der Waals surface area contributed by atoms with Gasteiger partial charge in [-0.3, -0.25) is 19.3 Å². The van der Waals surface area contributed by atoms with Crippen molar-refractivity contribution in [2.75, 3.05) is 0 Å². The van der Waals surface area contributed by atoms with Crippen LogP contribution < -0.4 is 5.32 Å². The molecule has 2 aliphatic rings. The summed E-state index contributed by atoms with van der Waals surface area (Å²) in [6.07, 6.45) is 0.400. The average Bonchev–Trinajstić information content (AvgIpc) is 2.37. The summed E-state index contributed by atoms with van der Waals surface area (Å²) in [4.78, 5) is 45.8. The molecule has 2 unspecified atom stereocenters. The molecule has 0 bridgehead atoms. The molecule has 2 N–H and O–H groups in total. The number of aliphatic carboxylic acids is 1. The molecule has 20 heavy (non-hydrogen) atoms. The number of thioether (sulfide) groups is 1. The van der Waals surface area contributed by atoms with Gasteiger partial charge in [-0.2, -0.15) is 0 Å². The van der Waals surface area contributed by atoms with Crippen molar-refractivity contribution in [3.63, 3.8) is 0 Å². The Balaban J connectivity index is 2.40. The predicted molar refractivity (Wildman–Crippen MR) is 67.1 cm³/mol. The van der Waals surface area contributed by atoms with Gasteiger partial charge in [0.15, 0.2) is 11.5 Å². The average molecular weight is 300 g/mol. The van der Waals surface area contributed by atoms with Gasteiger partial charge in [0.1, 0.15) is 11.4 Å². The van der Waals surface area contributed by atoms with Gasteiger partial charge in [-0.1, -0.05) is 0 Å². The van der Waals surface area contributed by atoms with E-state index in [4.69, 9.17) is 4.74 Å². The molecule has 2 aliphatic heterocycles. The summed E-state index contributed by atoms with van der Waals surface area (Å²) in [7, 11) is 0. The molecule has 0 spiro atoms. The van der Waals surface area contributed by atoms with Gasteiger partial charge >= 0.3 is 11.9 Å². The van der Waals surface area contributed by atoms with E-state index in [1.807, 2.05) is 0 Å². The minimum atomic E-state index is -1.35. The van der Waals surface area contributed by atoms with Crippen molar-refractivity contribution in [3.8, 4) is 0 Å². The summed E-state index contributed by atoms with van der Waals surface area (Å²) in [5.41, 5.74) is -0.342. The predicted octanol–water partition coefficient (Wildman–Crippen LogP) is -0.736. The normalized spacial score (nSPS) is 28.4. The molecule has 0 aliphatic carbocycles. The number of carboxylic acid groups (broad SMARTS) is 1. The number of β-lactam (4-membered cyclic amide) rings is 1. The Morgan fingerprint density at radius 3 is 2.65 bits per heavy atom. The molecule has 1 fully saturated rings. The van der Waals surface area contributed by atoms with Crippen LogP contribution in [0.5, 0.6) is 0 Å². The van der Waals surface area contributed by atoms with Gasteiger partial charge in [-0.05, 0) is 6.92 Å². The molecule has 0 aromatic rings. The molecular formula is C11H12N2O6S. The van der Waals surface area contributed by atoms with E-state index in [1.165, 1.54) is 11.8 Å². The Bertz CT molecular complexity index is 531. The molecule has 2 heterocycles. The number of rotatable bonds is 4. The first-order valence-corrected chi connectivity index (χ1v) is 6.66. The van der Waals surface area contributed by atoms with Crippen LogP contribution in [-0.2, 0) is 23.9 Å². The van der Waals surface area contributed by atoms with Crippen molar-refractivity contribution in [2.45, 2.75) is 30.5 Å². The Labute approximate surface area is 118 Å².